The predicted octanol–water partition coefficient (Wildman–Crippen LogP) is 3.90. The molecule has 4 heterocycles. The van der Waals surface area contributed by atoms with Gasteiger partial charge in [0.05, 0.1) is 28.5 Å². The van der Waals surface area contributed by atoms with Gasteiger partial charge in [-0.25, -0.2) is 14.2 Å². The van der Waals surface area contributed by atoms with E-state index in [0.29, 0.717) is 22.4 Å². The lowest BCUT2D eigenvalue weighted by Crippen LogP contribution is -2.34. The van der Waals surface area contributed by atoms with Gasteiger partial charge in [0.2, 0.25) is 0 Å². The van der Waals surface area contributed by atoms with E-state index in [9.17, 15) is 14.3 Å². The van der Waals surface area contributed by atoms with Crippen molar-refractivity contribution in [3.05, 3.63) is 49.1 Å². The number of carboxylic acid groups (broad SMARTS) is 1. The molecule has 0 aliphatic heterocycles. The fourth-order valence-electron chi connectivity index (χ4n) is 3.41. The number of aromatic nitrogens is 4. The molecular weight excluding hydrogens is 387 g/mol. The number of pyridine rings is 3. The van der Waals surface area contributed by atoms with Gasteiger partial charge in [-0.15, -0.1) is 0 Å². The van der Waals surface area contributed by atoms with Gasteiger partial charge in [-0.1, -0.05) is 0 Å². The van der Waals surface area contributed by atoms with E-state index in [1.165, 1.54) is 11.1 Å². The van der Waals surface area contributed by atoms with E-state index in [1.807, 2.05) is 18.2 Å². The first kappa shape index (κ1) is 19.7. The molecule has 1 atom stereocenters. The van der Waals surface area contributed by atoms with E-state index in [2.05, 4.69) is 19.9 Å². The lowest BCUT2D eigenvalue weighted by atomic mass is 10.1. The molecule has 0 spiro atoms. The quantitative estimate of drug-likeness (QED) is 0.470. The molecule has 9 heteroatoms. The topological polar surface area (TPSA) is 98.2 Å². The summed E-state index contributed by atoms with van der Waals surface area (Å²) >= 11 is 0. The molecule has 0 saturated carbocycles. The maximum absolute atomic E-state index is 14.1. The number of alkyl halides is 1. The molecule has 1 amide bonds. The molecular formula is C21H21FN6O2. The average molecular weight is 408 g/mol. The van der Waals surface area contributed by atoms with Crippen molar-refractivity contribution in [3.63, 3.8) is 0 Å². The molecule has 4 aromatic heterocycles. The van der Waals surface area contributed by atoms with Gasteiger partial charge in [0.15, 0.2) is 6.30 Å². The minimum absolute atomic E-state index is 0.0149. The summed E-state index contributed by atoms with van der Waals surface area (Å²) in [7, 11) is 3.24. The SMILES string of the molecule is CN(C)C(F)CCN(C(=O)O)c1ccnc2[nH]c3cnc(-c4cccnc4)cc3c12. The van der Waals surface area contributed by atoms with E-state index in [4.69, 9.17) is 0 Å². The zero-order valence-electron chi connectivity index (χ0n) is 16.6. The van der Waals surface area contributed by atoms with Gasteiger partial charge >= 0.3 is 6.09 Å². The maximum Gasteiger partial charge on any atom is 0.411 e. The second-order valence-electron chi connectivity index (χ2n) is 7.16. The van der Waals surface area contributed by atoms with Crippen LogP contribution in [0.3, 0.4) is 0 Å². The van der Waals surface area contributed by atoms with Crippen molar-refractivity contribution in [2.75, 3.05) is 25.5 Å². The monoisotopic (exact) mass is 408 g/mol. The van der Waals surface area contributed by atoms with Gasteiger partial charge in [-0.3, -0.25) is 19.8 Å². The van der Waals surface area contributed by atoms with Crippen LogP contribution in [-0.2, 0) is 0 Å². The van der Waals surface area contributed by atoms with Crippen molar-refractivity contribution in [2.45, 2.75) is 12.7 Å². The number of rotatable bonds is 6. The van der Waals surface area contributed by atoms with Crippen molar-refractivity contribution in [1.82, 2.24) is 24.8 Å². The molecule has 30 heavy (non-hydrogen) atoms. The molecule has 0 fully saturated rings. The Morgan fingerprint density at radius 3 is 2.77 bits per heavy atom. The Labute approximate surface area is 172 Å². The highest BCUT2D eigenvalue weighted by atomic mass is 19.1. The van der Waals surface area contributed by atoms with E-state index in [0.717, 1.165) is 21.4 Å². The maximum atomic E-state index is 14.1. The summed E-state index contributed by atoms with van der Waals surface area (Å²) in [6.45, 7) is 0.0149. The molecule has 0 saturated heterocycles. The number of hydrogen-bond donors (Lipinski definition) is 2. The van der Waals surface area contributed by atoms with Crippen molar-refractivity contribution in [2.24, 2.45) is 0 Å². The summed E-state index contributed by atoms with van der Waals surface area (Å²) < 4.78 is 14.1. The number of H-pyrrole nitrogens is 1. The molecule has 0 aromatic carbocycles. The Hall–Kier alpha value is -3.59. The highest BCUT2D eigenvalue weighted by Gasteiger charge is 2.22. The third kappa shape index (κ3) is 3.67. The van der Waals surface area contributed by atoms with Crippen LogP contribution in [0, 0.1) is 0 Å². The standard InChI is InChI=1S/C21H21FN6O2/c1-27(2)18(22)6-9-28(21(29)30)17-5-8-24-20-19(17)14-10-15(25-12-16(14)26-20)13-4-3-7-23-11-13/h3-5,7-8,10-12,18H,6,9H2,1-2H3,(H,24,26)(H,29,30). The second-order valence-corrected chi connectivity index (χ2v) is 7.16. The lowest BCUT2D eigenvalue weighted by molar-refractivity contribution is 0.129. The van der Waals surface area contributed by atoms with Gasteiger partial charge in [0.1, 0.15) is 5.65 Å². The van der Waals surface area contributed by atoms with E-state index < -0.39 is 12.4 Å². The number of halogens is 1. The van der Waals surface area contributed by atoms with E-state index >= 15 is 0 Å². The van der Waals surface area contributed by atoms with Gasteiger partial charge in [-0.05, 0) is 38.4 Å². The Balaban J connectivity index is 1.83. The van der Waals surface area contributed by atoms with E-state index in [1.54, 1.807) is 38.8 Å². The molecule has 0 aliphatic carbocycles. The molecule has 0 bridgehead atoms. The highest BCUT2D eigenvalue weighted by molar-refractivity contribution is 6.14. The Bertz CT molecular complexity index is 1190. The Morgan fingerprint density at radius 1 is 1.23 bits per heavy atom. The van der Waals surface area contributed by atoms with Crippen LogP contribution >= 0.6 is 0 Å². The van der Waals surface area contributed by atoms with Crippen LogP contribution < -0.4 is 4.90 Å². The first-order valence-corrected chi connectivity index (χ1v) is 9.43. The fourth-order valence-corrected chi connectivity index (χ4v) is 3.41. The van der Waals surface area contributed by atoms with E-state index in [-0.39, 0.29) is 13.0 Å². The van der Waals surface area contributed by atoms with Crippen molar-refractivity contribution in [3.8, 4) is 11.3 Å². The number of nitrogens with one attached hydrogen (secondary N) is 1. The zero-order chi connectivity index (χ0) is 21.3. The highest BCUT2D eigenvalue weighted by Crippen LogP contribution is 2.34. The lowest BCUT2D eigenvalue weighted by Gasteiger charge is -2.23. The number of fused-ring (bicyclic) bond motifs is 3. The van der Waals surface area contributed by atoms with Gasteiger partial charge in [-0.2, -0.15) is 0 Å². The van der Waals surface area contributed by atoms with Crippen LogP contribution in [0.2, 0.25) is 0 Å². The van der Waals surface area contributed by atoms with Crippen LogP contribution in [0.15, 0.2) is 49.1 Å². The third-order valence-corrected chi connectivity index (χ3v) is 4.99. The third-order valence-electron chi connectivity index (χ3n) is 4.99. The molecule has 154 valence electrons. The summed E-state index contributed by atoms with van der Waals surface area (Å²) in [5.74, 6) is 0. The minimum atomic E-state index is -1.24. The second kappa shape index (κ2) is 8.03. The molecule has 1 unspecified atom stereocenters. The van der Waals surface area contributed by atoms with Crippen LogP contribution in [0.1, 0.15) is 6.42 Å². The van der Waals surface area contributed by atoms with Crippen molar-refractivity contribution in [1.29, 1.82) is 0 Å². The molecule has 0 aliphatic rings. The first-order valence-electron chi connectivity index (χ1n) is 9.43. The first-order chi connectivity index (χ1) is 14.5. The number of hydrogen-bond acceptors (Lipinski definition) is 5. The molecule has 8 nitrogen and oxygen atoms in total. The fraction of sp³-hybridized carbons (Fsp3) is 0.238. The zero-order valence-corrected chi connectivity index (χ0v) is 16.6. The van der Waals surface area contributed by atoms with Crippen LogP contribution in [0.5, 0.6) is 0 Å². The summed E-state index contributed by atoms with van der Waals surface area (Å²) in [6, 6.07) is 7.25. The largest absolute Gasteiger partial charge is 0.465 e. The summed E-state index contributed by atoms with van der Waals surface area (Å²) in [5.41, 5.74) is 3.29. The smallest absolute Gasteiger partial charge is 0.411 e. The van der Waals surface area contributed by atoms with Crippen LogP contribution in [0.4, 0.5) is 14.9 Å². The molecule has 4 rings (SSSR count). The summed E-state index contributed by atoms with van der Waals surface area (Å²) in [5, 5.41) is 11.3. The molecule has 2 N–H and O–H groups in total. The number of aromatic amines is 1. The Kier molecular flexibility index (Phi) is 5.28. The molecule has 4 aromatic rings. The average Bonchev–Trinajstić information content (AvgIpc) is 3.12. The molecule has 0 radical (unpaired) electrons. The number of carbonyl (C=O) groups is 1. The summed E-state index contributed by atoms with van der Waals surface area (Å²) in [6.07, 6.45) is 4.29. The van der Waals surface area contributed by atoms with Crippen molar-refractivity contribution >= 4 is 33.7 Å². The number of amides is 1. The van der Waals surface area contributed by atoms with Crippen LogP contribution in [-0.4, -0.2) is 63.0 Å². The number of nitrogens with zero attached hydrogens (tertiary/aromatic N) is 5. The van der Waals surface area contributed by atoms with Gasteiger partial charge in [0.25, 0.3) is 0 Å². The van der Waals surface area contributed by atoms with Crippen LogP contribution in [0.25, 0.3) is 33.2 Å². The van der Waals surface area contributed by atoms with Gasteiger partial charge in [0, 0.05) is 42.5 Å². The Morgan fingerprint density at radius 2 is 2.07 bits per heavy atom. The summed E-state index contributed by atoms with van der Waals surface area (Å²) in [4.78, 5) is 30.7. The minimum Gasteiger partial charge on any atom is -0.465 e. The normalized spacial score (nSPS) is 12.5. The van der Waals surface area contributed by atoms with Crippen molar-refractivity contribution < 1.29 is 14.3 Å². The number of anilines is 1. The van der Waals surface area contributed by atoms with Gasteiger partial charge < -0.3 is 10.1 Å². The predicted molar refractivity (Wildman–Crippen MR) is 113 cm³/mol.